The lowest BCUT2D eigenvalue weighted by Gasteiger charge is -2.38. The van der Waals surface area contributed by atoms with Gasteiger partial charge in [0.15, 0.2) is 6.61 Å². The highest BCUT2D eigenvalue weighted by atomic mass is 16.5. The van der Waals surface area contributed by atoms with Crippen LogP contribution in [0.5, 0.6) is 11.5 Å². The molecule has 1 amide bonds. The Labute approximate surface area is 173 Å². The second kappa shape index (κ2) is 8.16. The SMILES string of the molecule is COc1ccc(N2C(=O)c3ccccc3N[C@H]2c2ccccc2OCC(=O)O)cc1. The predicted molar refractivity (Wildman–Crippen MR) is 112 cm³/mol. The first kappa shape index (κ1) is 19.3. The number of anilines is 2. The van der Waals surface area contributed by atoms with E-state index in [1.807, 2.05) is 30.3 Å². The first-order valence-corrected chi connectivity index (χ1v) is 9.35. The molecule has 0 aromatic heterocycles. The zero-order chi connectivity index (χ0) is 21.1. The van der Waals surface area contributed by atoms with Crippen molar-refractivity contribution in [1.29, 1.82) is 0 Å². The van der Waals surface area contributed by atoms with E-state index < -0.39 is 18.7 Å². The molecule has 0 bridgehead atoms. The number of hydrogen-bond donors (Lipinski definition) is 2. The number of methoxy groups -OCH3 is 1. The van der Waals surface area contributed by atoms with Gasteiger partial charge in [0, 0.05) is 16.9 Å². The molecule has 0 fully saturated rings. The molecular weight excluding hydrogens is 384 g/mol. The Bertz CT molecular complexity index is 1080. The lowest BCUT2D eigenvalue weighted by molar-refractivity contribution is -0.139. The van der Waals surface area contributed by atoms with Gasteiger partial charge in [-0.15, -0.1) is 0 Å². The molecule has 2 N–H and O–H groups in total. The van der Waals surface area contributed by atoms with E-state index in [0.29, 0.717) is 34.0 Å². The number of nitrogens with zero attached hydrogens (tertiary/aromatic N) is 1. The summed E-state index contributed by atoms with van der Waals surface area (Å²) in [6.45, 7) is -0.475. The van der Waals surface area contributed by atoms with Crippen LogP contribution in [0.4, 0.5) is 11.4 Å². The summed E-state index contributed by atoms with van der Waals surface area (Å²) >= 11 is 0. The molecule has 1 heterocycles. The van der Waals surface area contributed by atoms with Crippen LogP contribution in [-0.2, 0) is 4.79 Å². The van der Waals surface area contributed by atoms with E-state index in [0.717, 1.165) is 0 Å². The molecule has 1 aliphatic heterocycles. The van der Waals surface area contributed by atoms with Gasteiger partial charge in [0.05, 0.1) is 12.7 Å². The van der Waals surface area contributed by atoms with Gasteiger partial charge in [0.2, 0.25) is 0 Å². The monoisotopic (exact) mass is 404 g/mol. The fourth-order valence-electron chi connectivity index (χ4n) is 3.46. The van der Waals surface area contributed by atoms with Crippen LogP contribution in [0.15, 0.2) is 72.8 Å². The summed E-state index contributed by atoms with van der Waals surface area (Å²) in [4.78, 5) is 26.1. The van der Waals surface area contributed by atoms with Crippen molar-refractivity contribution in [1.82, 2.24) is 0 Å². The summed E-state index contributed by atoms with van der Waals surface area (Å²) in [7, 11) is 1.58. The normalized spacial score (nSPS) is 15.2. The van der Waals surface area contributed by atoms with Gasteiger partial charge < -0.3 is 19.9 Å². The van der Waals surface area contributed by atoms with Crippen LogP contribution in [-0.4, -0.2) is 30.7 Å². The summed E-state index contributed by atoms with van der Waals surface area (Å²) in [6.07, 6.45) is -0.592. The van der Waals surface area contributed by atoms with E-state index in [2.05, 4.69) is 5.32 Å². The Morgan fingerprint density at radius 1 is 1.03 bits per heavy atom. The Kier molecular flexibility index (Phi) is 5.26. The van der Waals surface area contributed by atoms with E-state index in [-0.39, 0.29) is 5.91 Å². The number of ether oxygens (including phenoxy) is 2. The van der Waals surface area contributed by atoms with Crippen LogP contribution in [0, 0.1) is 0 Å². The number of amides is 1. The lowest BCUT2D eigenvalue weighted by Crippen LogP contribution is -2.43. The quantitative estimate of drug-likeness (QED) is 0.647. The third kappa shape index (κ3) is 3.65. The Morgan fingerprint density at radius 2 is 1.73 bits per heavy atom. The minimum absolute atomic E-state index is 0.174. The van der Waals surface area contributed by atoms with Gasteiger partial charge in [-0.2, -0.15) is 0 Å². The number of aliphatic carboxylic acids is 1. The molecular formula is C23H20N2O5. The van der Waals surface area contributed by atoms with Crippen LogP contribution >= 0.6 is 0 Å². The van der Waals surface area contributed by atoms with Crippen molar-refractivity contribution in [3.63, 3.8) is 0 Å². The lowest BCUT2D eigenvalue weighted by atomic mass is 10.0. The van der Waals surface area contributed by atoms with Crippen LogP contribution in [0.2, 0.25) is 0 Å². The Hall–Kier alpha value is -4.00. The first-order valence-electron chi connectivity index (χ1n) is 9.35. The average molecular weight is 404 g/mol. The summed E-state index contributed by atoms with van der Waals surface area (Å²) in [5.41, 5.74) is 2.57. The zero-order valence-electron chi connectivity index (χ0n) is 16.2. The number of para-hydroxylation sites is 2. The number of carboxylic acids is 1. The zero-order valence-corrected chi connectivity index (χ0v) is 16.2. The summed E-state index contributed by atoms with van der Waals surface area (Å²) in [6, 6.07) is 21.5. The van der Waals surface area contributed by atoms with Gasteiger partial charge in [-0.05, 0) is 42.5 Å². The number of carbonyl (C=O) groups excluding carboxylic acids is 1. The van der Waals surface area contributed by atoms with Gasteiger partial charge in [-0.3, -0.25) is 9.69 Å². The van der Waals surface area contributed by atoms with Crippen molar-refractivity contribution in [3.05, 3.63) is 83.9 Å². The largest absolute Gasteiger partial charge is 0.497 e. The minimum atomic E-state index is -1.07. The van der Waals surface area contributed by atoms with Crippen LogP contribution in [0.25, 0.3) is 0 Å². The topological polar surface area (TPSA) is 88.1 Å². The molecule has 1 atom stereocenters. The Balaban J connectivity index is 1.81. The van der Waals surface area contributed by atoms with Crippen molar-refractivity contribution < 1.29 is 24.2 Å². The van der Waals surface area contributed by atoms with Crippen molar-refractivity contribution in [2.24, 2.45) is 0 Å². The molecule has 0 saturated heterocycles. The number of fused-ring (bicyclic) bond motifs is 1. The second-order valence-electron chi connectivity index (χ2n) is 6.69. The molecule has 1 aliphatic rings. The van der Waals surface area contributed by atoms with Crippen molar-refractivity contribution >= 4 is 23.3 Å². The van der Waals surface area contributed by atoms with Crippen LogP contribution < -0.4 is 19.7 Å². The van der Waals surface area contributed by atoms with Gasteiger partial charge in [-0.25, -0.2) is 4.79 Å². The molecule has 152 valence electrons. The van der Waals surface area contributed by atoms with E-state index in [4.69, 9.17) is 14.6 Å². The molecule has 30 heavy (non-hydrogen) atoms. The van der Waals surface area contributed by atoms with Crippen molar-refractivity contribution in [3.8, 4) is 11.5 Å². The molecule has 4 rings (SSSR count). The van der Waals surface area contributed by atoms with E-state index in [1.165, 1.54) is 0 Å². The molecule has 0 saturated carbocycles. The number of carbonyl (C=O) groups is 2. The number of nitrogens with one attached hydrogen (secondary N) is 1. The number of hydrogen-bond acceptors (Lipinski definition) is 5. The van der Waals surface area contributed by atoms with Crippen LogP contribution in [0.3, 0.4) is 0 Å². The molecule has 0 radical (unpaired) electrons. The molecule has 7 nitrogen and oxygen atoms in total. The number of carboxylic acid groups (broad SMARTS) is 1. The van der Waals surface area contributed by atoms with E-state index >= 15 is 0 Å². The molecule has 0 unspecified atom stereocenters. The highest BCUT2D eigenvalue weighted by Crippen LogP contribution is 2.39. The molecule has 0 aliphatic carbocycles. The summed E-state index contributed by atoms with van der Waals surface area (Å²) < 4.78 is 10.7. The first-order chi connectivity index (χ1) is 14.6. The van der Waals surface area contributed by atoms with Crippen molar-refractivity contribution in [2.45, 2.75) is 6.17 Å². The minimum Gasteiger partial charge on any atom is -0.497 e. The highest BCUT2D eigenvalue weighted by molar-refractivity contribution is 6.12. The maximum absolute atomic E-state index is 13.5. The van der Waals surface area contributed by atoms with Gasteiger partial charge in [0.1, 0.15) is 17.7 Å². The predicted octanol–water partition coefficient (Wildman–Crippen LogP) is 3.93. The third-order valence-corrected chi connectivity index (χ3v) is 4.84. The fraction of sp³-hybridized carbons (Fsp3) is 0.130. The Morgan fingerprint density at radius 3 is 2.47 bits per heavy atom. The van der Waals surface area contributed by atoms with E-state index in [9.17, 15) is 9.59 Å². The van der Waals surface area contributed by atoms with Gasteiger partial charge in [-0.1, -0.05) is 30.3 Å². The fourth-order valence-corrected chi connectivity index (χ4v) is 3.46. The van der Waals surface area contributed by atoms with Crippen LogP contribution in [0.1, 0.15) is 22.1 Å². The smallest absolute Gasteiger partial charge is 0.341 e. The summed E-state index contributed by atoms with van der Waals surface area (Å²) in [5.74, 6) is -0.177. The molecule has 3 aromatic rings. The maximum Gasteiger partial charge on any atom is 0.341 e. The van der Waals surface area contributed by atoms with Gasteiger partial charge >= 0.3 is 5.97 Å². The van der Waals surface area contributed by atoms with E-state index in [1.54, 1.807) is 54.5 Å². The average Bonchev–Trinajstić information content (AvgIpc) is 2.78. The second-order valence-corrected chi connectivity index (χ2v) is 6.69. The number of benzene rings is 3. The highest BCUT2D eigenvalue weighted by Gasteiger charge is 2.35. The molecule has 7 heteroatoms. The third-order valence-electron chi connectivity index (χ3n) is 4.84. The summed E-state index contributed by atoms with van der Waals surface area (Å²) in [5, 5.41) is 12.4. The maximum atomic E-state index is 13.5. The van der Waals surface area contributed by atoms with Crippen molar-refractivity contribution in [2.75, 3.05) is 23.9 Å². The standard InChI is InChI=1S/C23H20N2O5/c1-29-16-12-10-15(11-13-16)25-22(24-19-8-4-2-6-17(19)23(25)28)18-7-3-5-9-20(18)30-14-21(26)27/h2-13,22,24H,14H2,1H3,(H,26,27)/t22-/m1/s1. The number of rotatable bonds is 6. The van der Waals surface area contributed by atoms with Gasteiger partial charge in [0.25, 0.3) is 5.91 Å². The molecule has 3 aromatic carbocycles. The molecule has 0 spiro atoms.